The molecule has 21 heavy (non-hydrogen) atoms. The van der Waals surface area contributed by atoms with Crippen molar-refractivity contribution in [2.75, 3.05) is 11.9 Å². The second-order valence-corrected chi connectivity index (χ2v) is 7.45. The van der Waals surface area contributed by atoms with Crippen LogP contribution in [0.3, 0.4) is 0 Å². The van der Waals surface area contributed by atoms with Crippen molar-refractivity contribution in [3.63, 3.8) is 0 Å². The van der Waals surface area contributed by atoms with Gasteiger partial charge in [0.15, 0.2) is 0 Å². The third kappa shape index (κ3) is 1.81. The van der Waals surface area contributed by atoms with Crippen molar-refractivity contribution in [1.29, 1.82) is 0 Å². The standard InChI is InChI=1S/C17H22N4/c1-16(2,3)15-20-19-14-10-17(8-9-21(14)15)11-18-13-7-5-4-6-12(13)17/h4-7,18H,8-11H2,1-3H3. The summed E-state index contributed by atoms with van der Waals surface area (Å²) in [5.74, 6) is 2.26. The van der Waals surface area contributed by atoms with Gasteiger partial charge in [-0.1, -0.05) is 39.0 Å². The van der Waals surface area contributed by atoms with Gasteiger partial charge in [-0.2, -0.15) is 0 Å². The van der Waals surface area contributed by atoms with Gasteiger partial charge in [-0.15, -0.1) is 10.2 Å². The molecule has 1 N–H and O–H groups in total. The predicted octanol–water partition coefficient (Wildman–Crippen LogP) is 2.89. The molecule has 0 amide bonds. The first-order chi connectivity index (χ1) is 10.00. The van der Waals surface area contributed by atoms with E-state index in [1.165, 1.54) is 11.3 Å². The van der Waals surface area contributed by atoms with Gasteiger partial charge in [0, 0.05) is 36.0 Å². The first-order valence-corrected chi connectivity index (χ1v) is 7.76. The zero-order valence-electron chi connectivity index (χ0n) is 13.0. The highest BCUT2D eigenvalue weighted by atomic mass is 15.3. The third-order valence-electron chi connectivity index (χ3n) is 4.92. The number of nitrogens with one attached hydrogen (secondary N) is 1. The summed E-state index contributed by atoms with van der Waals surface area (Å²) in [6, 6.07) is 8.71. The van der Waals surface area contributed by atoms with Crippen LogP contribution in [0.2, 0.25) is 0 Å². The molecule has 1 aromatic heterocycles. The highest BCUT2D eigenvalue weighted by molar-refractivity contribution is 5.60. The Kier molecular flexibility index (Phi) is 2.51. The van der Waals surface area contributed by atoms with E-state index in [1.807, 2.05) is 0 Å². The van der Waals surface area contributed by atoms with Gasteiger partial charge in [0.1, 0.15) is 11.6 Å². The molecule has 0 radical (unpaired) electrons. The van der Waals surface area contributed by atoms with Crippen LogP contribution in [0.5, 0.6) is 0 Å². The summed E-state index contributed by atoms with van der Waals surface area (Å²) in [6.45, 7) is 8.66. The van der Waals surface area contributed by atoms with Crippen molar-refractivity contribution in [2.45, 2.75) is 51.0 Å². The van der Waals surface area contributed by atoms with Crippen LogP contribution in [-0.2, 0) is 23.8 Å². The van der Waals surface area contributed by atoms with E-state index in [-0.39, 0.29) is 10.8 Å². The van der Waals surface area contributed by atoms with E-state index in [4.69, 9.17) is 0 Å². The first-order valence-electron chi connectivity index (χ1n) is 7.76. The molecule has 4 nitrogen and oxygen atoms in total. The maximum Gasteiger partial charge on any atom is 0.138 e. The molecule has 2 aliphatic heterocycles. The minimum Gasteiger partial charge on any atom is -0.384 e. The average molecular weight is 282 g/mol. The second-order valence-electron chi connectivity index (χ2n) is 7.45. The smallest absolute Gasteiger partial charge is 0.138 e. The molecule has 0 saturated heterocycles. The largest absolute Gasteiger partial charge is 0.384 e. The molecule has 2 aromatic rings. The van der Waals surface area contributed by atoms with Crippen LogP contribution < -0.4 is 5.32 Å². The fraction of sp³-hybridized carbons (Fsp3) is 0.529. The van der Waals surface area contributed by atoms with E-state index < -0.39 is 0 Å². The van der Waals surface area contributed by atoms with Crippen LogP contribution in [0, 0.1) is 0 Å². The minimum atomic E-state index is 0.0571. The van der Waals surface area contributed by atoms with Crippen LogP contribution in [0.15, 0.2) is 24.3 Å². The van der Waals surface area contributed by atoms with Gasteiger partial charge in [-0.3, -0.25) is 0 Å². The van der Waals surface area contributed by atoms with Crippen LogP contribution in [0.4, 0.5) is 5.69 Å². The van der Waals surface area contributed by atoms with E-state index >= 15 is 0 Å². The molecule has 0 fully saturated rings. The van der Waals surface area contributed by atoms with E-state index in [0.717, 1.165) is 37.6 Å². The summed E-state index contributed by atoms with van der Waals surface area (Å²) in [4.78, 5) is 0. The molecule has 0 saturated carbocycles. The lowest BCUT2D eigenvalue weighted by Gasteiger charge is -2.34. The molecule has 4 heteroatoms. The molecule has 1 aromatic carbocycles. The molecule has 0 bridgehead atoms. The number of anilines is 1. The Morgan fingerprint density at radius 2 is 2.00 bits per heavy atom. The number of nitrogens with zero attached hydrogens (tertiary/aromatic N) is 3. The number of fused-ring (bicyclic) bond motifs is 3. The summed E-state index contributed by atoms with van der Waals surface area (Å²) >= 11 is 0. The lowest BCUT2D eigenvalue weighted by molar-refractivity contribution is 0.330. The summed E-state index contributed by atoms with van der Waals surface area (Å²) in [5, 5.41) is 12.5. The maximum absolute atomic E-state index is 4.50. The molecule has 2 aliphatic rings. The normalized spacial score (nSPS) is 23.8. The Labute approximate surface area is 125 Å². The van der Waals surface area contributed by atoms with Gasteiger partial charge in [-0.25, -0.2) is 0 Å². The number of para-hydroxylation sites is 1. The molecule has 0 aliphatic carbocycles. The number of hydrogen-bond acceptors (Lipinski definition) is 3. The van der Waals surface area contributed by atoms with Gasteiger partial charge in [-0.05, 0) is 18.1 Å². The van der Waals surface area contributed by atoms with Crippen molar-refractivity contribution in [3.8, 4) is 0 Å². The monoisotopic (exact) mass is 282 g/mol. The number of benzene rings is 1. The molecule has 1 spiro atoms. The quantitative estimate of drug-likeness (QED) is 0.808. The number of hydrogen-bond donors (Lipinski definition) is 1. The molecular formula is C17H22N4. The summed E-state index contributed by atoms with van der Waals surface area (Å²) in [7, 11) is 0. The van der Waals surface area contributed by atoms with Crippen molar-refractivity contribution in [1.82, 2.24) is 14.8 Å². The lowest BCUT2D eigenvalue weighted by atomic mass is 9.74. The Bertz CT molecular complexity index is 695. The average Bonchev–Trinajstić information content (AvgIpc) is 3.02. The summed E-state index contributed by atoms with van der Waals surface area (Å²) in [6.07, 6.45) is 2.14. The molecule has 110 valence electrons. The molecule has 4 rings (SSSR count). The fourth-order valence-electron chi connectivity index (χ4n) is 3.81. The van der Waals surface area contributed by atoms with Crippen molar-refractivity contribution in [3.05, 3.63) is 41.5 Å². The zero-order valence-corrected chi connectivity index (χ0v) is 13.0. The summed E-state index contributed by atoms with van der Waals surface area (Å²) in [5.41, 5.74) is 3.01. The van der Waals surface area contributed by atoms with Crippen LogP contribution in [0.25, 0.3) is 0 Å². The fourth-order valence-corrected chi connectivity index (χ4v) is 3.81. The van der Waals surface area contributed by atoms with Crippen LogP contribution in [-0.4, -0.2) is 21.3 Å². The second kappa shape index (κ2) is 4.09. The van der Waals surface area contributed by atoms with E-state index in [1.54, 1.807) is 0 Å². The SMILES string of the molecule is CC(C)(C)c1nnc2n1CCC1(CNc3ccccc31)C2. The van der Waals surface area contributed by atoms with Gasteiger partial charge in [0.05, 0.1) is 0 Å². The molecule has 1 atom stereocenters. The van der Waals surface area contributed by atoms with Crippen LogP contribution in [0.1, 0.15) is 44.4 Å². The Balaban J connectivity index is 1.75. The van der Waals surface area contributed by atoms with Gasteiger partial charge in [0.2, 0.25) is 0 Å². The molecule has 1 unspecified atom stereocenters. The highest BCUT2D eigenvalue weighted by Crippen LogP contribution is 2.44. The highest BCUT2D eigenvalue weighted by Gasteiger charge is 2.43. The van der Waals surface area contributed by atoms with Crippen molar-refractivity contribution >= 4 is 5.69 Å². The van der Waals surface area contributed by atoms with E-state index in [0.29, 0.717) is 0 Å². The topological polar surface area (TPSA) is 42.7 Å². The van der Waals surface area contributed by atoms with Gasteiger partial charge in [0.25, 0.3) is 0 Å². The predicted molar refractivity (Wildman–Crippen MR) is 83.7 cm³/mol. The number of aromatic nitrogens is 3. The maximum atomic E-state index is 4.50. The van der Waals surface area contributed by atoms with Gasteiger partial charge >= 0.3 is 0 Å². The Morgan fingerprint density at radius 3 is 2.81 bits per heavy atom. The van der Waals surface area contributed by atoms with Crippen molar-refractivity contribution < 1.29 is 0 Å². The molecular weight excluding hydrogens is 260 g/mol. The lowest BCUT2D eigenvalue weighted by Crippen LogP contribution is -2.38. The number of rotatable bonds is 0. The minimum absolute atomic E-state index is 0.0571. The van der Waals surface area contributed by atoms with Gasteiger partial charge < -0.3 is 9.88 Å². The third-order valence-corrected chi connectivity index (χ3v) is 4.92. The Morgan fingerprint density at radius 1 is 1.19 bits per heavy atom. The van der Waals surface area contributed by atoms with Crippen LogP contribution >= 0.6 is 0 Å². The van der Waals surface area contributed by atoms with Crippen molar-refractivity contribution in [2.24, 2.45) is 0 Å². The summed E-state index contributed by atoms with van der Waals surface area (Å²) < 4.78 is 2.34. The molecule has 3 heterocycles. The first kappa shape index (κ1) is 12.9. The Hall–Kier alpha value is -1.84. The van der Waals surface area contributed by atoms with E-state index in [9.17, 15) is 0 Å². The zero-order chi connectivity index (χ0) is 14.7. The van der Waals surface area contributed by atoms with E-state index in [2.05, 4.69) is 65.1 Å².